The maximum Gasteiger partial charge on any atom is 0.319 e. The molecule has 17 nitrogen and oxygen atoms in total. The number of anilines is 2. The number of hydrogen-bond acceptors (Lipinski definition) is 14. The molecule has 218 valence electrons. The molecule has 7 rings (SSSR count). The molecule has 1 unspecified atom stereocenters. The van der Waals surface area contributed by atoms with Gasteiger partial charge in [-0.1, -0.05) is 0 Å². The number of fused-ring (bicyclic) bond motifs is 3. The summed E-state index contributed by atoms with van der Waals surface area (Å²) in [5, 5.41) is 11.4. The molecule has 0 bridgehead atoms. The van der Waals surface area contributed by atoms with Gasteiger partial charge < -0.3 is 39.7 Å². The Kier molecular flexibility index (Phi) is 6.33. The summed E-state index contributed by atoms with van der Waals surface area (Å²) in [6, 6.07) is -0.428. The van der Waals surface area contributed by atoms with Crippen LogP contribution < -0.4 is 17.0 Å². The number of rotatable bonds is 9. The van der Waals surface area contributed by atoms with Crippen LogP contribution in [0.5, 0.6) is 0 Å². The monoisotopic (exact) mass is 588 g/mol. The molecule has 41 heavy (non-hydrogen) atoms. The molecule has 4 aromatic heterocycles. The molecule has 3 aliphatic rings. The molecule has 18 heteroatoms. The second-order valence-electron chi connectivity index (χ2n) is 10.7. The van der Waals surface area contributed by atoms with Crippen molar-refractivity contribution in [2.75, 3.05) is 31.8 Å². The quantitative estimate of drug-likeness (QED) is 0.191. The van der Waals surface area contributed by atoms with E-state index in [1.54, 1.807) is 22.6 Å². The second-order valence-corrected chi connectivity index (χ2v) is 11.7. The van der Waals surface area contributed by atoms with Crippen molar-refractivity contribution < 1.29 is 28.2 Å². The Hall–Kier alpha value is -3.47. The van der Waals surface area contributed by atoms with E-state index in [1.165, 1.54) is 12.7 Å². The number of aliphatic hydroxyl groups excluding tert-OH is 1. The van der Waals surface area contributed by atoms with Crippen molar-refractivity contribution in [3.8, 4) is 0 Å². The van der Waals surface area contributed by atoms with Gasteiger partial charge in [0.15, 0.2) is 22.6 Å². The average Bonchev–Trinajstić information content (AvgIpc) is 3.37. The van der Waals surface area contributed by atoms with Crippen LogP contribution in [-0.4, -0.2) is 82.8 Å². The zero-order valence-corrected chi connectivity index (χ0v) is 22.9. The number of nitrogens with zero attached hydrogens (tertiary/aromatic N) is 7. The van der Waals surface area contributed by atoms with Crippen LogP contribution >= 0.6 is 8.25 Å². The van der Waals surface area contributed by atoms with Crippen molar-refractivity contribution in [2.24, 2.45) is 11.3 Å². The number of aromatic nitrogens is 8. The Bertz CT molecular complexity index is 1710. The van der Waals surface area contributed by atoms with Gasteiger partial charge in [0.05, 0.1) is 38.0 Å². The molecule has 2 aliphatic carbocycles. The number of hydrogen-bond donors (Lipinski definition) is 4. The summed E-state index contributed by atoms with van der Waals surface area (Å²) >= 11 is 0. The lowest BCUT2D eigenvalue weighted by molar-refractivity contribution is -0.0359. The first-order chi connectivity index (χ1) is 19.8. The molecule has 5 heterocycles. The zero-order valence-electron chi connectivity index (χ0n) is 21.9. The van der Waals surface area contributed by atoms with Crippen LogP contribution in [0.2, 0.25) is 0 Å². The van der Waals surface area contributed by atoms with Crippen molar-refractivity contribution in [3.63, 3.8) is 0 Å². The topological polar surface area (TPSA) is 233 Å². The first-order valence-electron chi connectivity index (χ1n) is 13.1. The lowest BCUT2D eigenvalue weighted by Crippen LogP contribution is -2.37. The van der Waals surface area contributed by atoms with Gasteiger partial charge in [0.2, 0.25) is 5.95 Å². The van der Waals surface area contributed by atoms with Crippen molar-refractivity contribution in [3.05, 3.63) is 29.3 Å². The van der Waals surface area contributed by atoms with E-state index in [2.05, 4.69) is 29.9 Å². The molecule has 3 fully saturated rings. The van der Waals surface area contributed by atoms with E-state index in [4.69, 9.17) is 30.0 Å². The van der Waals surface area contributed by atoms with Gasteiger partial charge in [-0.15, -0.1) is 0 Å². The zero-order chi connectivity index (χ0) is 28.5. The van der Waals surface area contributed by atoms with E-state index >= 15 is 0 Å². The van der Waals surface area contributed by atoms with Crippen LogP contribution in [0.4, 0.5) is 11.8 Å². The van der Waals surface area contributed by atoms with Gasteiger partial charge in [0.1, 0.15) is 30.3 Å². The fraction of sp³-hybridized carbons (Fsp3) is 0.565. The predicted molar refractivity (Wildman–Crippen MR) is 143 cm³/mol. The summed E-state index contributed by atoms with van der Waals surface area (Å²) in [4.78, 5) is 35.4. The Morgan fingerprint density at radius 1 is 1.17 bits per heavy atom. The Morgan fingerprint density at radius 2 is 1.98 bits per heavy atom. The summed E-state index contributed by atoms with van der Waals surface area (Å²) < 4.78 is 39.5. The van der Waals surface area contributed by atoms with Gasteiger partial charge in [0.25, 0.3) is 5.56 Å². The lowest BCUT2D eigenvalue weighted by Gasteiger charge is -2.28. The number of nitrogens with one attached hydrogen (secondary N) is 1. The second kappa shape index (κ2) is 9.82. The number of nitrogens with two attached hydrogens (primary N) is 2. The summed E-state index contributed by atoms with van der Waals surface area (Å²) in [5.74, 6) is 0.222. The van der Waals surface area contributed by atoms with E-state index in [0.717, 1.165) is 0 Å². The summed E-state index contributed by atoms with van der Waals surface area (Å²) in [5.41, 5.74) is 12.1. The van der Waals surface area contributed by atoms with Gasteiger partial charge in [-0.25, -0.2) is 19.9 Å². The maximum absolute atomic E-state index is 13.0. The molecule has 0 spiro atoms. The number of imidazole rings is 2. The highest BCUT2D eigenvalue weighted by atomic mass is 31.1. The molecule has 0 aromatic carbocycles. The summed E-state index contributed by atoms with van der Waals surface area (Å²) in [6.07, 6.45) is 3.71. The number of methoxy groups -OCH3 is 1. The molecule has 0 amide bonds. The van der Waals surface area contributed by atoms with Crippen molar-refractivity contribution in [1.29, 1.82) is 0 Å². The third-order valence-electron chi connectivity index (χ3n) is 8.39. The number of aliphatic hydroxyl groups is 1. The molecular formula is C23H29N10O7P. The lowest BCUT2D eigenvalue weighted by atomic mass is 10.0. The number of H-pyrrole nitrogens is 1. The van der Waals surface area contributed by atoms with Crippen molar-refractivity contribution in [2.45, 2.75) is 49.8 Å². The molecule has 1 aliphatic heterocycles. The van der Waals surface area contributed by atoms with Gasteiger partial charge in [-0.3, -0.25) is 18.9 Å². The molecular weight excluding hydrogens is 559 g/mol. The van der Waals surface area contributed by atoms with Crippen LogP contribution in [0.25, 0.3) is 22.3 Å². The molecule has 0 radical (unpaired) electrons. The van der Waals surface area contributed by atoms with Gasteiger partial charge in [-0.05, 0) is 25.2 Å². The first kappa shape index (κ1) is 26.4. The van der Waals surface area contributed by atoms with E-state index in [1.807, 2.05) is 0 Å². The average molecular weight is 589 g/mol. The largest absolute Gasteiger partial charge is 0.388 e. The van der Waals surface area contributed by atoms with Crippen LogP contribution in [0, 0.1) is 11.3 Å². The number of aromatic amines is 1. The predicted octanol–water partition coefficient (Wildman–Crippen LogP) is 0.161. The van der Waals surface area contributed by atoms with Crippen molar-refractivity contribution in [1.82, 2.24) is 39.0 Å². The van der Waals surface area contributed by atoms with Crippen LogP contribution in [-0.2, 0) is 23.1 Å². The van der Waals surface area contributed by atoms with E-state index in [9.17, 15) is 14.5 Å². The van der Waals surface area contributed by atoms with Crippen LogP contribution in [0.1, 0.15) is 31.5 Å². The van der Waals surface area contributed by atoms with Crippen molar-refractivity contribution >= 4 is 42.3 Å². The normalized spacial score (nSPS) is 31.7. The number of nitrogen functional groups attached to an aromatic ring is 2. The van der Waals surface area contributed by atoms with Gasteiger partial charge in [0, 0.05) is 12.5 Å². The standard InChI is InChI=1S/C23H29N10O7P/c1-37-6-23-4-11(23)15(33-9-28-13-18(24)26-7-27-19(13)33)16(34)17(23)40-41(36)38-5-10-2-3-12(39-10)32-8-29-14-20(32)30-22(25)31-21(14)35/h7-12,15-17,34,41H,2-6H2,1H3,(H2,24,26,27)(H3,25,30,31,35)/t10-,11+,12+,15+,16-,17-,23+/m0/s1. The van der Waals surface area contributed by atoms with E-state index < -0.39 is 43.7 Å². The highest BCUT2D eigenvalue weighted by molar-refractivity contribution is 7.33. The minimum atomic E-state index is -3.02. The molecule has 4 aromatic rings. The third kappa shape index (κ3) is 4.23. The Labute approximate surface area is 232 Å². The fourth-order valence-electron chi connectivity index (χ4n) is 6.51. The SMILES string of the molecule is COC[C@]12C[C@@H]1[C@@H](n1cnc3c(N)ncnc31)[C@H](O)[C@@H]2O[PH](=O)OC[C@@H]1CC[C@H](n2cnc3c(=O)[nH]c(N)nc32)O1. The number of ether oxygens (including phenoxy) is 2. The summed E-state index contributed by atoms with van der Waals surface area (Å²) in [6.45, 7) is 0.342. The highest BCUT2D eigenvalue weighted by Gasteiger charge is 2.72. The van der Waals surface area contributed by atoms with E-state index in [-0.39, 0.29) is 35.9 Å². The van der Waals surface area contributed by atoms with Crippen LogP contribution in [0.15, 0.2) is 23.8 Å². The molecule has 8 atom stereocenters. The van der Waals surface area contributed by atoms with Crippen LogP contribution in [0.3, 0.4) is 0 Å². The maximum atomic E-state index is 13.0. The minimum absolute atomic E-state index is 0.00958. The molecule has 6 N–H and O–H groups in total. The Morgan fingerprint density at radius 3 is 2.80 bits per heavy atom. The smallest absolute Gasteiger partial charge is 0.319 e. The molecule has 2 saturated carbocycles. The van der Waals surface area contributed by atoms with E-state index in [0.29, 0.717) is 42.7 Å². The third-order valence-corrected chi connectivity index (χ3v) is 9.24. The first-order valence-corrected chi connectivity index (χ1v) is 14.3. The van der Waals surface area contributed by atoms with Gasteiger partial charge in [-0.2, -0.15) is 4.98 Å². The molecule has 1 saturated heterocycles. The fourth-order valence-corrected chi connectivity index (χ4v) is 7.48. The Balaban J connectivity index is 1.02. The van der Waals surface area contributed by atoms with Gasteiger partial charge >= 0.3 is 8.25 Å². The minimum Gasteiger partial charge on any atom is -0.388 e. The summed E-state index contributed by atoms with van der Waals surface area (Å²) in [7, 11) is -1.44. The highest BCUT2D eigenvalue weighted by Crippen LogP contribution is 2.69.